The SMILES string of the molecule is CCCN(CCC)Cc1cncn1Cc1ccc(C#N)cc1. The predicted octanol–water partition coefficient (Wildman–Crippen LogP) is 3.43. The number of aromatic nitrogens is 2. The zero-order chi connectivity index (χ0) is 15.8. The lowest BCUT2D eigenvalue weighted by molar-refractivity contribution is 0.260. The molecule has 116 valence electrons. The molecule has 0 fully saturated rings. The second-order valence-electron chi connectivity index (χ2n) is 5.60. The van der Waals surface area contributed by atoms with Gasteiger partial charge in [0.05, 0.1) is 23.7 Å². The highest BCUT2D eigenvalue weighted by atomic mass is 15.2. The van der Waals surface area contributed by atoms with Crippen LogP contribution < -0.4 is 0 Å². The van der Waals surface area contributed by atoms with Crippen molar-refractivity contribution >= 4 is 0 Å². The van der Waals surface area contributed by atoms with E-state index >= 15 is 0 Å². The fourth-order valence-corrected chi connectivity index (χ4v) is 2.64. The molecule has 0 saturated heterocycles. The van der Waals surface area contributed by atoms with Crippen LogP contribution in [0.4, 0.5) is 0 Å². The summed E-state index contributed by atoms with van der Waals surface area (Å²) in [5, 5.41) is 8.86. The minimum atomic E-state index is 0.701. The van der Waals surface area contributed by atoms with Crippen molar-refractivity contribution in [3.05, 3.63) is 53.6 Å². The summed E-state index contributed by atoms with van der Waals surface area (Å²) in [5.41, 5.74) is 3.13. The van der Waals surface area contributed by atoms with Gasteiger partial charge < -0.3 is 4.57 Å². The Kier molecular flexibility index (Phi) is 6.17. The molecule has 22 heavy (non-hydrogen) atoms. The molecule has 0 radical (unpaired) electrons. The van der Waals surface area contributed by atoms with E-state index in [0.29, 0.717) is 5.56 Å². The summed E-state index contributed by atoms with van der Waals surface area (Å²) in [4.78, 5) is 6.79. The monoisotopic (exact) mass is 296 g/mol. The summed E-state index contributed by atoms with van der Waals surface area (Å²) in [5.74, 6) is 0. The van der Waals surface area contributed by atoms with Crippen LogP contribution in [0.2, 0.25) is 0 Å². The molecule has 1 aromatic carbocycles. The molecule has 0 bridgehead atoms. The van der Waals surface area contributed by atoms with Gasteiger partial charge >= 0.3 is 0 Å². The summed E-state index contributed by atoms with van der Waals surface area (Å²) in [6, 6.07) is 9.91. The standard InChI is InChI=1S/C18H24N4/c1-3-9-21(10-4-2)14-18-12-20-15-22(18)13-17-7-5-16(11-19)6-8-17/h5-8,12,15H,3-4,9-10,13-14H2,1-2H3. The van der Waals surface area contributed by atoms with E-state index in [0.717, 1.165) is 26.2 Å². The minimum absolute atomic E-state index is 0.701. The Morgan fingerprint density at radius 1 is 1.14 bits per heavy atom. The largest absolute Gasteiger partial charge is 0.329 e. The zero-order valence-corrected chi connectivity index (χ0v) is 13.5. The third kappa shape index (κ3) is 4.44. The number of nitrogens with zero attached hydrogens (tertiary/aromatic N) is 4. The first-order valence-electron chi connectivity index (χ1n) is 7.97. The number of nitriles is 1. The second kappa shape index (κ2) is 8.35. The lowest BCUT2D eigenvalue weighted by Gasteiger charge is -2.21. The highest BCUT2D eigenvalue weighted by Gasteiger charge is 2.08. The fourth-order valence-electron chi connectivity index (χ4n) is 2.64. The molecule has 1 aromatic heterocycles. The first kappa shape index (κ1) is 16.3. The van der Waals surface area contributed by atoms with E-state index < -0.39 is 0 Å². The quantitative estimate of drug-likeness (QED) is 0.749. The Labute approximate surface area is 133 Å². The van der Waals surface area contributed by atoms with E-state index in [1.807, 2.05) is 36.8 Å². The second-order valence-corrected chi connectivity index (χ2v) is 5.60. The van der Waals surface area contributed by atoms with Crippen LogP contribution >= 0.6 is 0 Å². The number of hydrogen-bond acceptors (Lipinski definition) is 3. The average Bonchev–Trinajstić information content (AvgIpc) is 2.95. The van der Waals surface area contributed by atoms with E-state index in [2.05, 4.69) is 34.4 Å². The first-order valence-corrected chi connectivity index (χ1v) is 7.97. The van der Waals surface area contributed by atoms with E-state index in [1.165, 1.54) is 24.1 Å². The van der Waals surface area contributed by atoms with Crippen molar-refractivity contribution in [2.75, 3.05) is 13.1 Å². The van der Waals surface area contributed by atoms with Gasteiger partial charge in [-0.05, 0) is 43.6 Å². The molecule has 0 saturated carbocycles. The van der Waals surface area contributed by atoms with Crippen LogP contribution in [0.5, 0.6) is 0 Å². The molecule has 0 amide bonds. The highest BCUT2D eigenvalue weighted by molar-refractivity contribution is 5.31. The molecule has 2 rings (SSSR count). The minimum Gasteiger partial charge on any atom is -0.329 e. The van der Waals surface area contributed by atoms with Crippen LogP contribution in [0.15, 0.2) is 36.8 Å². The molecule has 0 aliphatic rings. The Morgan fingerprint density at radius 3 is 2.41 bits per heavy atom. The van der Waals surface area contributed by atoms with Gasteiger partial charge in [-0.1, -0.05) is 26.0 Å². The molecule has 4 nitrogen and oxygen atoms in total. The van der Waals surface area contributed by atoms with Crippen LogP contribution in [0, 0.1) is 11.3 Å². The third-order valence-electron chi connectivity index (χ3n) is 3.70. The molecule has 0 aliphatic heterocycles. The molecule has 0 spiro atoms. The maximum atomic E-state index is 8.86. The molecule has 0 unspecified atom stereocenters. The fraction of sp³-hybridized carbons (Fsp3) is 0.444. The average molecular weight is 296 g/mol. The van der Waals surface area contributed by atoms with Crippen LogP contribution in [0.25, 0.3) is 0 Å². The third-order valence-corrected chi connectivity index (χ3v) is 3.70. The summed E-state index contributed by atoms with van der Waals surface area (Å²) in [6.07, 6.45) is 6.19. The van der Waals surface area contributed by atoms with Gasteiger partial charge in [0.15, 0.2) is 0 Å². The Balaban J connectivity index is 2.06. The molecular weight excluding hydrogens is 272 g/mol. The van der Waals surface area contributed by atoms with Gasteiger partial charge in [-0.15, -0.1) is 0 Å². The summed E-state index contributed by atoms with van der Waals surface area (Å²) in [6.45, 7) is 8.42. The van der Waals surface area contributed by atoms with E-state index in [-0.39, 0.29) is 0 Å². The van der Waals surface area contributed by atoms with Crippen molar-refractivity contribution in [3.8, 4) is 6.07 Å². The smallest absolute Gasteiger partial charge is 0.0991 e. The van der Waals surface area contributed by atoms with Crippen LogP contribution in [-0.4, -0.2) is 27.5 Å². The Bertz CT molecular complexity index is 601. The lowest BCUT2D eigenvalue weighted by atomic mass is 10.1. The van der Waals surface area contributed by atoms with Crippen molar-refractivity contribution in [2.45, 2.75) is 39.8 Å². The maximum absolute atomic E-state index is 8.86. The van der Waals surface area contributed by atoms with E-state index in [1.54, 1.807) is 0 Å². The molecule has 0 N–H and O–H groups in total. The predicted molar refractivity (Wildman–Crippen MR) is 88.3 cm³/mol. The number of imidazole rings is 1. The van der Waals surface area contributed by atoms with Gasteiger partial charge in [-0.3, -0.25) is 4.90 Å². The normalized spacial score (nSPS) is 10.8. The van der Waals surface area contributed by atoms with E-state index in [4.69, 9.17) is 5.26 Å². The maximum Gasteiger partial charge on any atom is 0.0991 e. The van der Waals surface area contributed by atoms with Gasteiger partial charge in [-0.25, -0.2) is 4.98 Å². The van der Waals surface area contributed by atoms with Crippen molar-refractivity contribution in [1.29, 1.82) is 5.26 Å². The number of hydrogen-bond donors (Lipinski definition) is 0. The van der Waals surface area contributed by atoms with Gasteiger partial charge in [-0.2, -0.15) is 5.26 Å². The van der Waals surface area contributed by atoms with Gasteiger partial charge in [0, 0.05) is 19.3 Å². The van der Waals surface area contributed by atoms with Crippen LogP contribution in [0.1, 0.15) is 43.5 Å². The number of rotatable bonds is 8. The van der Waals surface area contributed by atoms with Gasteiger partial charge in [0.1, 0.15) is 0 Å². The molecule has 0 atom stereocenters. The van der Waals surface area contributed by atoms with Gasteiger partial charge in [0.25, 0.3) is 0 Å². The summed E-state index contributed by atoms with van der Waals surface area (Å²) < 4.78 is 2.19. The first-order chi connectivity index (χ1) is 10.8. The van der Waals surface area contributed by atoms with E-state index in [9.17, 15) is 0 Å². The lowest BCUT2D eigenvalue weighted by Crippen LogP contribution is -2.26. The van der Waals surface area contributed by atoms with Crippen molar-refractivity contribution in [1.82, 2.24) is 14.5 Å². The topological polar surface area (TPSA) is 44.9 Å². The van der Waals surface area contributed by atoms with Gasteiger partial charge in [0.2, 0.25) is 0 Å². The Hall–Kier alpha value is -2.12. The highest BCUT2D eigenvalue weighted by Crippen LogP contribution is 2.11. The van der Waals surface area contributed by atoms with Crippen LogP contribution in [0.3, 0.4) is 0 Å². The molecule has 4 heteroatoms. The molecule has 1 heterocycles. The molecule has 0 aliphatic carbocycles. The van der Waals surface area contributed by atoms with Crippen LogP contribution in [-0.2, 0) is 13.1 Å². The summed E-state index contributed by atoms with van der Waals surface area (Å²) >= 11 is 0. The Morgan fingerprint density at radius 2 is 1.82 bits per heavy atom. The summed E-state index contributed by atoms with van der Waals surface area (Å²) in [7, 11) is 0. The zero-order valence-electron chi connectivity index (χ0n) is 13.5. The molecular formula is C18H24N4. The number of benzene rings is 1. The molecule has 2 aromatic rings. The van der Waals surface area contributed by atoms with Crippen molar-refractivity contribution in [2.24, 2.45) is 0 Å². The van der Waals surface area contributed by atoms with Crippen molar-refractivity contribution in [3.63, 3.8) is 0 Å². The van der Waals surface area contributed by atoms with Crippen molar-refractivity contribution < 1.29 is 0 Å².